The number of H-pyrrole nitrogens is 2. The van der Waals surface area contributed by atoms with Crippen molar-refractivity contribution in [2.24, 2.45) is 5.92 Å². The summed E-state index contributed by atoms with van der Waals surface area (Å²) < 4.78 is 0. The predicted molar refractivity (Wildman–Crippen MR) is 101 cm³/mol. The zero-order valence-electron chi connectivity index (χ0n) is 15.2. The molecule has 0 atom stereocenters. The van der Waals surface area contributed by atoms with E-state index in [-0.39, 0.29) is 5.91 Å². The summed E-state index contributed by atoms with van der Waals surface area (Å²) >= 11 is 0. The minimum atomic E-state index is 0.0566. The average molecular weight is 351 g/mol. The fourth-order valence-electron chi connectivity index (χ4n) is 3.92. The van der Waals surface area contributed by atoms with Gasteiger partial charge in [-0.05, 0) is 43.9 Å². The van der Waals surface area contributed by atoms with E-state index in [9.17, 15) is 4.79 Å². The van der Waals surface area contributed by atoms with Crippen molar-refractivity contribution in [2.45, 2.75) is 45.6 Å². The number of nitrogens with one attached hydrogen (secondary N) is 2. The highest BCUT2D eigenvalue weighted by Gasteiger charge is 2.23. The molecule has 1 fully saturated rings. The lowest BCUT2D eigenvalue weighted by Gasteiger charge is -2.29. The minimum Gasteiger partial charge on any atom is -0.347 e. The molecule has 3 aromatic rings. The number of imidazole rings is 2. The normalized spacial score (nSPS) is 15.4. The Bertz CT molecular complexity index is 877. The quantitative estimate of drug-likeness (QED) is 0.733. The molecule has 0 saturated heterocycles. The third kappa shape index (κ3) is 3.64. The van der Waals surface area contributed by atoms with Gasteiger partial charge >= 0.3 is 0 Å². The number of aromatic amines is 2. The maximum absolute atomic E-state index is 13.2. The number of benzene rings is 1. The van der Waals surface area contributed by atoms with Crippen molar-refractivity contribution < 1.29 is 4.79 Å². The Balaban J connectivity index is 1.58. The fraction of sp³-hybridized carbons (Fsp3) is 0.450. The van der Waals surface area contributed by atoms with E-state index in [4.69, 9.17) is 0 Å². The van der Waals surface area contributed by atoms with Gasteiger partial charge in [0.05, 0.1) is 17.6 Å². The molecule has 1 aliphatic carbocycles. The van der Waals surface area contributed by atoms with Gasteiger partial charge in [-0.2, -0.15) is 0 Å². The Labute approximate surface area is 153 Å². The lowest BCUT2D eigenvalue weighted by atomic mass is 9.89. The summed E-state index contributed by atoms with van der Waals surface area (Å²) in [6.07, 6.45) is 9.82. The van der Waals surface area contributed by atoms with Crippen LogP contribution in [0.3, 0.4) is 0 Å². The van der Waals surface area contributed by atoms with E-state index in [2.05, 4.69) is 19.9 Å². The molecule has 26 heavy (non-hydrogen) atoms. The van der Waals surface area contributed by atoms with Crippen LogP contribution in [0.15, 0.2) is 30.6 Å². The first kappa shape index (κ1) is 16.8. The number of aryl methyl sites for hydroxylation is 1. The molecule has 4 rings (SSSR count). The van der Waals surface area contributed by atoms with Crippen LogP contribution in [0.4, 0.5) is 0 Å². The van der Waals surface area contributed by atoms with E-state index in [0.29, 0.717) is 18.0 Å². The minimum absolute atomic E-state index is 0.0566. The first-order valence-electron chi connectivity index (χ1n) is 9.43. The highest BCUT2D eigenvalue weighted by Crippen LogP contribution is 2.26. The molecule has 1 aromatic carbocycles. The molecular formula is C20H25N5O. The third-order valence-corrected chi connectivity index (χ3v) is 5.23. The highest BCUT2D eigenvalue weighted by molar-refractivity contribution is 5.97. The zero-order chi connectivity index (χ0) is 17.9. The molecule has 2 aromatic heterocycles. The molecule has 6 nitrogen and oxygen atoms in total. The van der Waals surface area contributed by atoms with E-state index in [0.717, 1.165) is 29.2 Å². The van der Waals surface area contributed by atoms with Gasteiger partial charge in [0.15, 0.2) is 0 Å². The number of nitrogens with zero attached hydrogens (tertiary/aromatic N) is 3. The average Bonchev–Trinajstić information content (AvgIpc) is 3.29. The number of carbonyl (C=O) groups excluding carboxylic acids is 1. The second-order valence-corrected chi connectivity index (χ2v) is 7.28. The molecule has 1 aliphatic rings. The van der Waals surface area contributed by atoms with Gasteiger partial charge in [0.2, 0.25) is 0 Å². The molecule has 2 heterocycles. The van der Waals surface area contributed by atoms with Crippen LogP contribution < -0.4 is 0 Å². The van der Waals surface area contributed by atoms with Crippen molar-refractivity contribution in [1.29, 1.82) is 0 Å². The van der Waals surface area contributed by atoms with Gasteiger partial charge in [-0.3, -0.25) is 4.79 Å². The number of amides is 1. The number of hydrogen-bond acceptors (Lipinski definition) is 3. The van der Waals surface area contributed by atoms with Crippen LogP contribution in [0, 0.1) is 12.8 Å². The molecule has 136 valence electrons. The number of fused-ring (bicyclic) bond motifs is 1. The van der Waals surface area contributed by atoms with Gasteiger partial charge in [-0.15, -0.1) is 0 Å². The van der Waals surface area contributed by atoms with E-state index in [1.165, 1.54) is 32.1 Å². The van der Waals surface area contributed by atoms with Crippen molar-refractivity contribution in [3.05, 3.63) is 47.8 Å². The van der Waals surface area contributed by atoms with Gasteiger partial charge in [0, 0.05) is 24.5 Å². The zero-order valence-corrected chi connectivity index (χ0v) is 15.2. The van der Waals surface area contributed by atoms with Crippen LogP contribution in [0.25, 0.3) is 11.0 Å². The van der Waals surface area contributed by atoms with Gasteiger partial charge in [0.1, 0.15) is 11.6 Å². The Morgan fingerprint density at radius 2 is 2.12 bits per heavy atom. The molecule has 1 amide bonds. The molecule has 2 N–H and O–H groups in total. The van der Waals surface area contributed by atoms with E-state index in [1.807, 2.05) is 30.0 Å². The first-order chi connectivity index (χ1) is 12.7. The molecular weight excluding hydrogens is 326 g/mol. The summed E-state index contributed by atoms with van der Waals surface area (Å²) in [4.78, 5) is 30.3. The number of carbonyl (C=O) groups is 1. The molecule has 0 radical (unpaired) electrons. The van der Waals surface area contributed by atoms with Crippen molar-refractivity contribution >= 4 is 16.9 Å². The summed E-state index contributed by atoms with van der Waals surface area (Å²) in [5, 5.41) is 0. The summed E-state index contributed by atoms with van der Waals surface area (Å²) in [6, 6.07) is 5.70. The summed E-state index contributed by atoms with van der Waals surface area (Å²) in [7, 11) is 0. The maximum atomic E-state index is 13.2. The van der Waals surface area contributed by atoms with Crippen LogP contribution >= 0.6 is 0 Å². The maximum Gasteiger partial charge on any atom is 0.254 e. The summed E-state index contributed by atoms with van der Waals surface area (Å²) in [6.45, 7) is 3.23. The second-order valence-electron chi connectivity index (χ2n) is 7.28. The monoisotopic (exact) mass is 351 g/mol. The molecule has 0 bridgehead atoms. The van der Waals surface area contributed by atoms with Crippen molar-refractivity contribution in [3.8, 4) is 0 Å². The van der Waals surface area contributed by atoms with Crippen LogP contribution in [0.5, 0.6) is 0 Å². The van der Waals surface area contributed by atoms with Crippen molar-refractivity contribution in [2.75, 3.05) is 6.54 Å². The van der Waals surface area contributed by atoms with Crippen molar-refractivity contribution in [3.63, 3.8) is 0 Å². The Hall–Kier alpha value is -2.63. The van der Waals surface area contributed by atoms with Gasteiger partial charge < -0.3 is 14.9 Å². The van der Waals surface area contributed by atoms with Crippen molar-refractivity contribution in [1.82, 2.24) is 24.8 Å². The molecule has 6 heteroatoms. The number of rotatable bonds is 5. The van der Waals surface area contributed by atoms with E-state index < -0.39 is 0 Å². The molecule has 0 aliphatic heterocycles. The van der Waals surface area contributed by atoms with Crippen LogP contribution in [0.2, 0.25) is 0 Å². The SMILES string of the molecule is Cc1nc2ccc(C(=O)N(Cc3ncc[nH]3)CC3CCCCC3)cc2[nH]1. The lowest BCUT2D eigenvalue weighted by Crippen LogP contribution is -2.36. The standard InChI is InChI=1S/C20H25N5O/c1-14-23-17-8-7-16(11-18(17)24-14)20(26)25(13-19-21-9-10-22-19)12-15-5-3-2-4-6-15/h7-11,15H,2-6,12-13H2,1H3,(H,21,22)(H,23,24). The molecule has 0 spiro atoms. The summed E-state index contributed by atoms with van der Waals surface area (Å²) in [5.74, 6) is 2.33. The Kier molecular flexibility index (Phi) is 4.73. The van der Waals surface area contributed by atoms with Gasteiger partial charge in [-0.1, -0.05) is 19.3 Å². The van der Waals surface area contributed by atoms with Crippen LogP contribution in [-0.2, 0) is 6.54 Å². The molecule has 1 saturated carbocycles. The Morgan fingerprint density at radius 1 is 1.27 bits per heavy atom. The predicted octanol–water partition coefficient (Wildman–Crippen LogP) is 3.82. The van der Waals surface area contributed by atoms with Crippen LogP contribution in [0.1, 0.15) is 54.1 Å². The number of aromatic nitrogens is 4. The number of hydrogen-bond donors (Lipinski definition) is 2. The second kappa shape index (κ2) is 7.32. The smallest absolute Gasteiger partial charge is 0.254 e. The fourth-order valence-corrected chi connectivity index (χ4v) is 3.92. The van der Waals surface area contributed by atoms with E-state index in [1.54, 1.807) is 12.4 Å². The summed E-state index contributed by atoms with van der Waals surface area (Å²) in [5.41, 5.74) is 2.50. The largest absolute Gasteiger partial charge is 0.347 e. The van der Waals surface area contributed by atoms with Gasteiger partial charge in [-0.25, -0.2) is 9.97 Å². The van der Waals surface area contributed by atoms with Crippen LogP contribution in [-0.4, -0.2) is 37.3 Å². The molecule has 0 unspecified atom stereocenters. The Morgan fingerprint density at radius 3 is 2.88 bits per heavy atom. The highest BCUT2D eigenvalue weighted by atomic mass is 16.2. The van der Waals surface area contributed by atoms with Gasteiger partial charge in [0.25, 0.3) is 5.91 Å². The van der Waals surface area contributed by atoms with E-state index >= 15 is 0 Å². The topological polar surface area (TPSA) is 77.7 Å². The third-order valence-electron chi connectivity index (χ3n) is 5.23. The first-order valence-corrected chi connectivity index (χ1v) is 9.43. The lowest BCUT2D eigenvalue weighted by molar-refractivity contribution is 0.0694.